The lowest BCUT2D eigenvalue weighted by molar-refractivity contribution is -0.137. The van der Waals surface area contributed by atoms with Crippen LogP contribution in [0.15, 0.2) is 61.1 Å². The number of hydrogen-bond acceptors (Lipinski definition) is 3. The van der Waals surface area contributed by atoms with Gasteiger partial charge in [0.15, 0.2) is 0 Å². The third kappa shape index (κ3) is 2.91. The van der Waals surface area contributed by atoms with Gasteiger partial charge in [0, 0.05) is 29.5 Å². The van der Waals surface area contributed by atoms with E-state index in [0.29, 0.717) is 22.2 Å². The fourth-order valence-corrected chi connectivity index (χ4v) is 3.11. The molecular formula is C20H13F3N2O2. The Balaban J connectivity index is 1.95. The van der Waals surface area contributed by atoms with Crippen molar-refractivity contribution in [2.45, 2.75) is 6.18 Å². The summed E-state index contributed by atoms with van der Waals surface area (Å²) in [5.41, 5.74) is 1.69. The molecule has 0 N–H and O–H groups in total. The number of pyridine rings is 1. The van der Waals surface area contributed by atoms with Gasteiger partial charge in [-0.2, -0.15) is 13.2 Å². The number of ether oxygens (including phenoxy) is 1. The molecular weight excluding hydrogens is 357 g/mol. The van der Waals surface area contributed by atoms with Crippen molar-refractivity contribution in [3.8, 4) is 11.1 Å². The Labute approximate surface area is 151 Å². The highest BCUT2D eigenvalue weighted by molar-refractivity contribution is 6.06. The van der Waals surface area contributed by atoms with Gasteiger partial charge >= 0.3 is 12.1 Å². The fourth-order valence-electron chi connectivity index (χ4n) is 3.11. The molecule has 4 aromatic rings. The zero-order valence-electron chi connectivity index (χ0n) is 14.1. The van der Waals surface area contributed by atoms with Gasteiger partial charge in [-0.1, -0.05) is 18.2 Å². The lowest BCUT2D eigenvalue weighted by Crippen LogP contribution is -2.04. The minimum Gasteiger partial charge on any atom is -0.465 e. The van der Waals surface area contributed by atoms with Gasteiger partial charge in [0.05, 0.1) is 18.2 Å². The first-order valence-electron chi connectivity index (χ1n) is 8.04. The van der Waals surface area contributed by atoms with Crippen molar-refractivity contribution in [3.63, 3.8) is 0 Å². The van der Waals surface area contributed by atoms with Gasteiger partial charge in [-0.25, -0.2) is 9.78 Å². The summed E-state index contributed by atoms with van der Waals surface area (Å²) in [6.07, 6.45) is 0.790. The first kappa shape index (κ1) is 17.1. The number of rotatable bonds is 2. The first-order valence-corrected chi connectivity index (χ1v) is 8.04. The standard InChI is InChI=1S/C20H13F3N2O2/c1-27-19(26)13-4-7-15-16(10-13)18-24-8-9-25(18)11-17(15)12-2-5-14(6-3-12)20(21,22)23/h2-11H,1H3. The van der Waals surface area contributed by atoms with E-state index < -0.39 is 17.7 Å². The number of hydrogen-bond donors (Lipinski definition) is 0. The Morgan fingerprint density at radius 1 is 1.07 bits per heavy atom. The summed E-state index contributed by atoms with van der Waals surface area (Å²) in [4.78, 5) is 16.2. The number of benzene rings is 2. The summed E-state index contributed by atoms with van der Waals surface area (Å²) >= 11 is 0. The molecule has 2 aromatic carbocycles. The number of halogens is 3. The highest BCUT2D eigenvalue weighted by atomic mass is 19.4. The van der Waals surface area contributed by atoms with Crippen LogP contribution in [0.4, 0.5) is 13.2 Å². The maximum atomic E-state index is 12.8. The van der Waals surface area contributed by atoms with Crippen LogP contribution >= 0.6 is 0 Å². The van der Waals surface area contributed by atoms with Crippen molar-refractivity contribution in [2.75, 3.05) is 7.11 Å². The number of esters is 1. The van der Waals surface area contributed by atoms with E-state index in [0.717, 1.165) is 23.1 Å². The lowest BCUT2D eigenvalue weighted by atomic mass is 9.98. The van der Waals surface area contributed by atoms with E-state index in [-0.39, 0.29) is 0 Å². The zero-order valence-corrected chi connectivity index (χ0v) is 14.1. The number of nitrogens with zero attached hydrogens (tertiary/aromatic N) is 2. The molecule has 0 amide bonds. The molecule has 4 rings (SSSR count). The molecule has 0 radical (unpaired) electrons. The van der Waals surface area contributed by atoms with E-state index >= 15 is 0 Å². The predicted molar refractivity (Wildman–Crippen MR) is 94.5 cm³/mol. The van der Waals surface area contributed by atoms with Crippen molar-refractivity contribution in [1.29, 1.82) is 0 Å². The Morgan fingerprint density at radius 2 is 1.81 bits per heavy atom. The third-order valence-electron chi connectivity index (χ3n) is 4.43. The van der Waals surface area contributed by atoms with Crippen LogP contribution in [0.5, 0.6) is 0 Å². The summed E-state index contributed by atoms with van der Waals surface area (Å²) in [6.45, 7) is 0. The van der Waals surface area contributed by atoms with Crippen LogP contribution in [0.2, 0.25) is 0 Å². The first-order chi connectivity index (χ1) is 12.9. The van der Waals surface area contributed by atoms with Gasteiger partial charge in [0.2, 0.25) is 0 Å². The van der Waals surface area contributed by atoms with Gasteiger partial charge in [-0.05, 0) is 35.2 Å². The maximum Gasteiger partial charge on any atom is 0.416 e. The molecule has 0 fully saturated rings. The lowest BCUT2D eigenvalue weighted by Gasteiger charge is -2.12. The number of fused-ring (bicyclic) bond motifs is 3. The molecule has 4 nitrogen and oxygen atoms in total. The summed E-state index contributed by atoms with van der Waals surface area (Å²) in [5, 5.41) is 1.49. The highest BCUT2D eigenvalue weighted by Crippen LogP contribution is 2.34. The normalized spacial score (nSPS) is 11.9. The minimum absolute atomic E-state index is 0.375. The van der Waals surface area contributed by atoms with E-state index in [1.807, 2.05) is 6.20 Å². The monoisotopic (exact) mass is 370 g/mol. The quantitative estimate of drug-likeness (QED) is 0.469. The van der Waals surface area contributed by atoms with Crippen LogP contribution in [0.1, 0.15) is 15.9 Å². The second-order valence-electron chi connectivity index (χ2n) is 6.03. The Hall–Kier alpha value is -3.35. The number of aromatic nitrogens is 2. The third-order valence-corrected chi connectivity index (χ3v) is 4.43. The molecule has 0 saturated carbocycles. The number of carbonyl (C=O) groups excluding carboxylic acids is 1. The average molecular weight is 370 g/mol. The van der Waals surface area contributed by atoms with Crippen LogP contribution in [-0.4, -0.2) is 22.5 Å². The van der Waals surface area contributed by atoms with Crippen molar-refractivity contribution >= 4 is 22.4 Å². The van der Waals surface area contributed by atoms with Gasteiger partial charge in [0.25, 0.3) is 0 Å². The Kier molecular flexibility index (Phi) is 3.87. The number of alkyl halides is 3. The molecule has 7 heteroatoms. The van der Waals surface area contributed by atoms with Crippen LogP contribution in [0.3, 0.4) is 0 Å². The van der Waals surface area contributed by atoms with E-state index in [1.165, 1.54) is 19.2 Å². The Morgan fingerprint density at radius 3 is 2.48 bits per heavy atom. The SMILES string of the molecule is COC(=O)c1ccc2c(-c3ccc(C(F)(F)F)cc3)cn3ccnc3c2c1. The van der Waals surface area contributed by atoms with Crippen LogP contribution in [0.25, 0.3) is 27.5 Å². The molecule has 0 unspecified atom stereocenters. The molecule has 0 aliphatic rings. The minimum atomic E-state index is -4.38. The number of methoxy groups -OCH3 is 1. The van der Waals surface area contributed by atoms with Gasteiger partial charge in [-0.3, -0.25) is 0 Å². The van der Waals surface area contributed by atoms with E-state index in [1.54, 1.807) is 35.0 Å². The van der Waals surface area contributed by atoms with E-state index in [4.69, 9.17) is 4.74 Å². The van der Waals surface area contributed by atoms with Gasteiger partial charge < -0.3 is 9.14 Å². The molecule has 27 heavy (non-hydrogen) atoms. The van der Waals surface area contributed by atoms with Gasteiger partial charge in [-0.15, -0.1) is 0 Å². The molecule has 0 bridgehead atoms. The average Bonchev–Trinajstić information content (AvgIpc) is 3.14. The number of imidazole rings is 1. The highest BCUT2D eigenvalue weighted by Gasteiger charge is 2.30. The zero-order chi connectivity index (χ0) is 19.2. The molecule has 136 valence electrons. The molecule has 0 atom stereocenters. The van der Waals surface area contributed by atoms with Crippen molar-refractivity contribution in [1.82, 2.24) is 9.38 Å². The molecule has 2 heterocycles. The molecule has 0 saturated heterocycles. The Bertz CT molecular complexity index is 1160. The van der Waals surface area contributed by atoms with E-state index in [9.17, 15) is 18.0 Å². The van der Waals surface area contributed by atoms with E-state index in [2.05, 4.69) is 4.98 Å². The molecule has 0 spiro atoms. The smallest absolute Gasteiger partial charge is 0.416 e. The van der Waals surface area contributed by atoms with Crippen molar-refractivity contribution < 1.29 is 22.7 Å². The largest absolute Gasteiger partial charge is 0.465 e. The van der Waals surface area contributed by atoms with Crippen LogP contribution in [-0.2, 0) is 10.9 Å². The second kappa shape index (κ2) is 6.12. The topological polar surface area (TPSA) is 43.6 Å². The number of carbonyl (C=O) groups is 1. The molecule has 0 aliphatic heterocycles. The molecule has 0 aliphatic carbocycles. The summed E-state index contributed by atoms with van der Waals surface area (Å²) in [5.74, 6) is -0.471. The fraction of sp³-hybridized carbons (Fsp3) is 0.100. The maximum absolute atomic E-state index is 12.8. The second-order valence-corrected chi connectivity index (χ2v) is 6.03. The summed E-state index contributed by atoms with van der Waals surface area (Å²) < 4.78 is 45.1. The van der Waals surface area contributed by atoms with Crippen LogP contribution < -0.4 is 0 Å². The van der Waals surface area contributed by atoms with Crippen molar-refractivity contribution in [2.24, 2.45) is 0 Å². The van der Waals surface area contributed by atoms with Gasteiger partial charge in [0.1, 0.15) is 5.65 Å². The predicted octanol–water partition coefficient (Wildman–Crippen LogP) is 4.96. The summed E-state index contributed by atoms with van der Waals surface area (Å²) in [7, 11) is 1.30. The van der Waals surface area contributed by atoms with Crippen molar-refractivity contribution in [3.05, 3.63) is 72.2 Å². The van der Waals surface area contributed by atoms with Crippen LogP contribution in [0, 0.1) is 0 Å². The molecule has 2 aromatic heterocycles. The summed E-state index contributed by atoms with van der Waals surface area (Å²) in [6, 6.07) is 10.1.